The van der Waals surface area contributed by atoms with Gasteiger partial charge in [0.15, 0.2) is 0 Å². The summed E-state index contributed by atoms with van der Waals surface area (Å²) in [6.45, 7) is 4.86. The molecule has 2 atom stereocenters. The molecule has 2 amide bonds. The number of amides is 2. The van der Waals surface area contributed by atoms with Crippen molar-refractivity contribution < 1.29 is 9.59 Å². The standard InChI is InChI=1S/C16H29N3O2/c1-2-8-18-15(20)12-6-9-19(10-7-12)16(21)14-5-3-4-13(14)11-17/h12-14H,2-11,17H2,1H3,(H,18,20)/t13-,14-/m1/s1. The monoisotopic (exact) mass is 295 g/mol. The van der Waals surface area contributed by atoms with Gasteiger partial charge in [-0.25, -0.2) is 0 Å². The van der Waals surface area contributed by atoms with E-state index in [0.29, 0.717) is 12.5 Å². The lowest BCUT2D eigenvalue weighted by Gasteiger charge is -2.34. The molecule has 2 aliphatic rings. The second-order valence-corrected chi connectivity index (χ2v) is 6.42. The Balaban J connectivity index is 1.80. The summed E-state index contributed by atoms with van der Waals surface area (Å²) in [6, 6.07) is 0. The predicted octanol–water partition coefficient (Wildman–Crippen LogP) is 1.13. The molecule has 2 fully saturated rings. The largest absolute Gasteiger partial charge is 0.356 e. The molecule has 0 spiro atoms. The molecule has 1 heterocycles. The summed E-state index contributed by atoms with van der Waals surface area (Å²) in [5, 5.41) is 2.96. The van der Waals surface area contributed by atoms with E-state index in [1.54, 1.807) is 0 Å². The fourth-order valence-corrected chi connectivity index (χ4v) is 3.63. The van der Waals surface area contributed by atoms with Gasteiger partial charge in [0.2, 0.25) is 11.8 Å². The summed E-state index contributed by atoms with van der Waals surface area (Å²) in [5.41, 5.74) is 5.78. The second-order valence-electron chi connectivity index (χ2n) is 6.42. The Bertz CT molecular complexity index is 365. The zero-order chi connectivity index (χ0) is 15.2. The molecule has 2 rings (SSSR count). The van der Waals surface area contributed by atoms with Crippen molar-refractivity contribution in [3.8, 4) is 0 Å². The van der Waals surface area contributed by atoms with E-state index in [0.717, 1.165) is 58.2 Å². The molecule has 5 heteroatoms. The number of nitrogens with two attached hydrogens (primary N) is 1. The van der Waals surface area contributed by atoms with Gasteiger partial charge >= 0.3 is 0 Å². The van der Waals surface area contributed by atoms with Crippen LogP contribution in [0.5, 0.6) is 0 Å². The highest BCUT2D eigenvalue weighted by molar-refractivity contribution is 5.81. The summed E-state index contributed by atoms with van der Waals surface area (Å²) in [5.74, 6) is 0.998. The second kappa shape index (κ2) is 7.78. The Hall–Kier alpha value is -1.10. The molecule has 1 aliphatic heterocycles. The maximum absolute atomic E-state index is 12.6. The number of piperidine rings is 1. The minimum absolute atomic E-state index is 0.0782. The molecule has 0 unspecified atom stereocenters. The lowest BCUT2D eigenvalue weighted by atomic mass is 9.91. The van der Waals surface area contributed by atoms with Crippen LogP contribution in [0.3, 0.4) is 0 Å². The first kappa shape index (κ1) is 16.3. The van der Waals surface area contributed by atoms with Crippen LogP contribution >= 0.6 is 0 Å². The molecule has 0 radical (unpaired) electrons. The van der Waals surface area contributed by atoms with Crippen LogP contribution in [-0.2, 0) is 9.59 Å². The van der Waals surface area contributed by atoms with Gasteiger partial charge in [0.25, 0.3) is 0 Å². The van der Waals surface area contributed by atoms with Crippen LogP contribution < -0.4 is 11.1 Å². The number of carbonyl (C=O) groups is 2. The average Bonchev–Trinajstić information content (AvgIpc) is 3.00. The number of hydrogen-bond donors (Lipinski definition) is 2. The fourth-order valence-electron chi connectivity index (χ4n) is 3.63. The zero-order valence-electron chi connectivity index (χ0n) is 13.1. The normalized spacial score (nSPS) is 26.9. The summed E-state index contributed by atoms with van der Waals surface area (Å²) < 4.78 is 0. The van der Waals surface area contributed by atoms with Crippen molar-refractivity contribution in [2.45, 2.75) is 45.4 Å². The van der Waals surface area contributed by atoms with Gasteiger partial charge in [0.1, 0.15) is 0 Å². The maximum atomic E-state index is 12.6. The molecule has 120 valence electrons. The van der Waals surface area contributed by atoms with Crippen molar-refractivity contribution in [2.75, 3.05) is 26.2 Å². The summed E-state index contributed by atoms with van der Waals surface area (Å²) in [4.78, 5) is 26.5. The van der Waals surface area contributed by atoms with E-state index in [-0.39, 0.29) is 23.7 Å². The molecule has 0 aromatic rings. The lowest BCUT2D eigenvalue weighted by Crippen LogP contribution is -2.46. The number of likely N-dealkylation sites (tertiary alicyclic amines) is 1. The van der Waals surface area contributed by atoms with Gasteiger partial charge in [0.05, 0.1) is 0 Å². The molecular formula is C16H29N3O2. The molecule has 3 N–H and O–H groups in total. The van der Waals surface area contributed by atoms with Crippen LogP contribution in [0.2, 0.25) is 0 Å². The third kappa shape index (κ3) is 3.96. The van der Waals surface area contributed by atoms with E-state index >= 15 is 0 Å². The van der Waals surface area contributed by atoms with Crippen LogP contribution in [0.4, 0.5) is 0 Å². The number of rotatable bonds is 5. The van der Waals surface area contributed by atoms with Crippen LogP contribution in [0.1, 0.15) is 45.4 Å². The molecule has 1 saturated carbocycles. The minimum Gasteiger partial charge on any atom is -0.356 e. The molecule has 1 saturated heterocycles. The van der Waals surface area contributed by atoms with E-state index in [1.165, 1.54) is 0 Å². The van der Waals surface area contributed by atoms with E-state index in [4.69, 9.17) is 5.73 Å². The zero-order valence-corrected chi connectivity index (χ0v) is 13.1. The first-order valence-electron chi connectivity index (χ1n) is 8.44. The van der Waals surface area contributed by atoms with Gasteiger partial charge in [-0.3, -0.25) is 9.59 Å². The molecule has 0 bridgehead atoms. The summed E-state index contributed by atoms with van der Waals surface area (Å²) in [7, 11) is 0. The van der Waals surface area contributed by atoms with E-state index in [2.05, 4.69) is 12.2 Å². The molecule has 5 nitrogen and oxygen atoms in total. The highest BCUT2D eigenvalue weighted by Crippen LogP contribution is 2.33. The van der Waals surface area contributed by atoms with Crippen LogP contribution in [0.25, 0.3) is 0 Å². The van der Waals surface area contributed by atoms with Crippen molar-refractivity contribution in [3.63, 3.8) is 0 Å². The highest BCUT2D eigenvalue weighted by atomic mass is 16.2. The quantitative estimate of drug-likeness (QED) is 0.798. The van der Waals surface area contributed by atoms with E-state index in [1.807, 2.05) is 4.90 Å². The van der Waals surface area contributed by atoms with Gasteiger partial charge in [-0.15, -0.1) is 0 Å². The first-order chi connectivity index (χ1) is 10.2. The third-order valence-electron chi connectivity index (χ3n) is 5.01. The van der Waals surface area contributed by atoms with Crippen molar-refractivity contribution in [2.24, 2.45) is 23.5 Å². The van der Waals surface area contributed by atoms with Gasteiger partial charge in [0, 0.05) is 31.5 Å². The van der Waals surface area contributed by atoms with Crippen molar-refractivity contribution in [1.82, 2.24) is 10.2 Å². The lowest BCUT2D eigenvalue weighted by molar-refractivity contribution is -0.140. The van der Waals surface area contributed by atoms with Crippen molar-refractivity contribution in [3.05, 3.63) is 0 Å². The molecule has 0 aromatic carbocycles. The fraction of sp³-hybridized carbons (Fsp3) is 0.875. The number of hydrogen-bond acceptors (Lipinski definition) is 3. The Labute approximate surface area is 127 Å². The van der Waals surface area contributed by atoms with Crippen molar-refractivity contribution in [1.29, 1.82) is 0 Å². The molecular weight excluding hydrogens is 266 g/mol. The minimum atomic E-state index is 0.0782. The van der Waals surface area contributed by atoms with E-state index < -0.39 is 0 Å². The maximum Gasteiger partial charge on any atom is 0.226 e. The summed E-state index contributed by atoms with van der Waals surface area (Å²) >= 11 is 0. The van der Waals surface area contributed by atoms with Crippen LogP contribution in [0, 0.1) is 17.8 Å². The molecule has 0 aromatic heterocycles. The molecule has 21 heavy (non-hydrogen) atoms. The predicted molar refractivity (Wildman–Crippen MR) is 82.5 cm³/mol. The Morgan fingerprint density at radius 1 is 1.19 bits per heavy atom. The van der Waals surface area contributed by atoms with Gasteiger partial charge in [-0.1, -0.05) is 13.3 Å². The van der Waals surface area contributed by atoms with Crippen molar-refractivity contribution >= 4 is 11.8 Å². The smallest absolute Gasteiger partial charge is 0.226 e. The first-order valence-corrected chi connectivity index (χ1v) is 8.44. The third-order valence-corrected chi connectivity index (χ3v) is 5.01. The van der Waals surface area contributed by atoms with Crippen LogP contribution in [-0.4, -0.2) is 42.9 Å². The number of nitrogens with zero attached hydrogens (tertiary/aromatic N) is 1. The van der Waals surface area contributed by atoms with Crippen LogP contribution in [0.15, 0.2) is 0 Å². The average molecular weight is 295 g/mol. The van der Waals surface area contributed by atoms with Gasteiger partial charge < -0.3 is 16.0 Å². The Morgan fingerprint density at radius 3 is 2.52 bits per heavy atom. The van der Waals surface area contributed by atoms with Gasteiger partial charge in [-0.05, 0) is 44.6 Å². The summed E-state index contributed by atoms with van der Waals surface area (Å²) in [6.07, 6.45) is 5.74. The topological polar surface area (TPSA) is 75.4 Å². The number of carbonyl (C=O) groups excluding carboxylic acids is 2. The molecule has 1 aliphatic carbocycles. The number of nitrogens with one attached hydrogen (secondary N) is 1. The highest BCUT2D eigenvalue weighted by Gasteiger charge is 2.36. The Morgan fingerprint density at radius 2 is 1.90 bits per heavy atom. The SMILES string of the molecule is CCCNC(=O)C1CCN(C(=O)[C@@H]2CCC[C@@H]2CN)CC1. The van der Waals surface area contributed by atoms with E-state index in [9.17, 15) is 9.59 Å². The van der Waals surface area contributed by atoms with Gasteiger partial charge in [-0.2, -0.15) is 0 Å². The Kier molecular flexibility index (Phi) is 6.03.